The molecule has 0 aliphatic carbocycles. The molecule has 148 valence electrons. The van der Waals surface area contributed by atoms with Crippen LogP contribution in [0.1, 0.15) is 25.4 Å². The SMILES string of the molecule is CCNC(=NCC(C)(O)c1ccco1)NCCc1noc(-c2ccccn2)n1. The van der Waals surface area contributed by atoms with Gasteiger partial charge in [-0.3, -0.25) is 4.98 Å². The van der Waals surface area contributed by atoms with E-state index in [9.17, 15) is 5.11 Å². The van der Waals surface area contributed by atoms with Crippen molar-refractivity contribution in [2.24, 2.45) is 4.99 Å². The molecule has 9 heteroatoms. The van der Waals surface area contributed by atoms with Crippen molar-refractivity contribution in [2.75, 3.05) is 19.6 Å². The molecule has 0 spiro atoms. The third kappa shape index (κ3) is 5.17. The number of rotatable bonds is 8. The fraction of sp³-hybridized carbons (Fsp3) is 0.368. The Bertz CT molecular complexity index is 874. The fourth-order valence-corrected chi connectivity index (χ4v) is 2.48. The predicted octanol–water partition coefficient (Wildman–Crippen LogP) is 1.73. The Morgan fingerprint density at radius 3 is 2.86 bits per heavy atom. The van der Waals surface area contributed by atoms with Crippen LogP contribution in [0.4, 0.5) is 0 Å². The second-order valence-electron chi connectivity index (χ2n) is 6.35. The molecule has 28 heavy (non-hydrogen) atoms. The highest BCUT2D eigenvalue weighted by Gasteiger charge is 2.26. The van der Waals surface area contributed by atoms with E-state index >= 15 is 0 Å². The molecule has 0 fully saturated rings. The molecule has 3 aromatic heterocycles. The number of hydrogen-bond donors (Lipinski definition) is 3. The summed E-state index contributed by atoms with van der Waals surface area (Å²) < 4.78 is 10.5. The second-order valence-corrected chi connectivity index (χ2v) is 6.35. The van der Waals surface area contributed by atoms with Gasteiger partial charge in [-0.05, 0) is 38.1 Å². The molecule has 0 radical (unpaired) electrons. The summed E-state index contributed by atoms with van der Waals surface area (Å²) in [5.74, 6) is 2.03. The first-order valence-electron chi connectivity index (χ1n) is 9.11. The van der Waals surface area contributed by atoms with E-state index in [1.54, 1.807) is 25.3 Å². The minimum atomic E-state index is -1.18. The number of hydrogen-bond acceptors (Lipinski definition) is 7. The van der Waals surface area contributed by atoms with Gasteiger partial charge < -0.3 is 24.7 Å². The summed E-state index contributed by atoms with van der Waals surface area (Å²) in [7, 11) is 0. The number of aliphatic imine (C=N–C) groups is 1. The van der Waals surface area contributed by atoms with Crippen LogP contribution in [0.15, 0.2) is 56.7 Å². The van der Waals surface area contributed by atoms with E-state index < -0.39 is 5.60 Å². The number of furan rings is 1. The number of nitrogens with one attached hydrogen (secondary N) is 2. The van der Waals surface area contributed by atoms with E-state index in [0.717, 1.165) is 0 Å². The number of nitrogens with zero attached hydrogens (tertiary/aromatic N) is 4. The van der Waals surface area contributed by atoms with Gasteiger partial charge in [0.1, 0.15) is 17.1 Å². The summed E-state index contributed by atoms with van der Waals surface area (Å²) in [4.78, 5) is 13.0. The van der Waals surface area contributed by atoms with Gasteiger partial charge in [0.15, 0.2) is 11.8 Å². The van der Waals surface area contributed by atoms with E-state index in [1.165, 1.54) is 6.26 Å². The zero-order valence-electron chi connectivity index (χ0n) is 15.9. The fourth-order valence-electron chi connectivity index (χ4n) is 2.48. The molecule has 0 bridgehead atoms. The Kier molecular flexibility index (Phi) is 6.38. The smallest absolute Gasteiger partial charge is 0.276 e. The first-order valence-corrected chi connectivity index (χ1v) is 9.11. The van der Waals surface area contributed by atoms with Gasteiger partial charge in [-0.1, -0.05) is 11.2 Å². The molecular formula is C19H24N6O3. The highest BCUT2D eigenvalue weighted by Crippen LogP contribution is 2.21. The number of aliphatic hydroxyl groups is 1. The van der Waals surface area contributed by atoms with Crippen LogP contribution < -0.4 is 10.6 Å². The topological polar surface area (TPSA) is 122 Å². The van der Waals surface area contributed by atoms with Crippen LogP contribution in [0.25, 0.3) is 11.6 Å². The maximum Gasteiger partial charge on any atom is 0.276 e. The quantitative estimate of drug-likeness (QED) is 0.396. The van der Waals surface area contributed by atoms with E-state index in [4.69, 9.17) is 8.94 Å². The molecule has 3 aromatic rings. The van der Waals surface area contributed by atoms with Gasteiger partial charge in [0.05, 0.1) is 12.8 Å². The van der Waals surface area contributed by atoms with Crippen molar-refractivity contribution in [3.05, 3.63) is 54.4 Å². The molecular weight excluding hydrogens is 360 g/mol. The highest BCUT2D eigenvalue weighted by atomic mass is 16.5. The predicted molar refractivity (Wildman–Crippen MR) is 103 cm³/mol. The lowest BCUT2D eigenvalue weighted by Crippen LogP contribution is -2.39. The van der Waals surface area contributed by atoms with E-state index in [-0.39, 0.29) is 6.54 Å². The van der Waals surface area contributed by atoms with Crippen molar-refractivity contribution in [1.29, 1.82) is 0 Å². The second kappa shape index (κ2) is 9.14. The molecule has 9 nitrogen and oxygen atoms in total. The minimum Gasteiger partial charge on any atom is -0.466 e. The maximum atomic E-state index is 10.5. The van der Waals surface area contributed by atoms with Crippen LogP contribution in [-0.2, 0) is 12.0 Å². The Labute approximate surface area is 162 Å². The normalized spacial score (nSPS) is 13.9. The molecule has 1 unspecified atom stereocenters. The molecule has 0 aliphatic heterocycles. The first kappa shape index (κ1) is 19.6. The van der Waals surface area contributed by atoms with Gasteiger partial charge in [0.2, 0.25) is 0 Å². The van der Waals surface area contributed by atoms with Gasteiger partial charge in [-0.25, -0.2) is 4.99 Å². The van der Waals surface area contributed by atoms with Gasteiger partial charge in [-0.15, -0.1) is 0 Å². The summed E-state index contributed by atoms with van der Waals surface area (Å²) in [5, 5.41) is 20.8. The highest BCUT2D eigenvalue weighted by molar-refractivity contribution is 5.79. The average Bonchev–Trinajstić information content (AvgIpc) is 3.39. The molecule has 0 amide bonds. The zero-order chi connectivity index (χ0) is 19.8. The van der Waals surface area contributed by atoms with Crippen LogP contribution in [-0.4, -0.2) is 45.8 Å². The summed E-state index contributed by atoms with van der Waals surface area (Å²) in [5.41, 5.74) is -0.541. The third-order valence-electron chi connectivity index (χ3n) is 3.93. The number of pyridine rings is 1. The monoisotopic (exact) mass is 384 g/mol. The summed E-state index contributed by atoms with van der Waals surface area (Å²) >= 11 is 0. The number of aromatic nitrogens is 3. The van der Waals surface area contributed by atoms with Gasteiger partial charge in [0, 0.05) is 25.7 Å². The molecule has 0 saturated heterocycles. The molecule has 3 N–H and O–H groups in total. The largest absolute Gasteiger partial charge is 0.466 e. The molecule has 0 aromatic carbocycles. The zero-order valence-corrected chi connectivity index (χ0v) is 15.9. The molecule has 1 atom stereocenters. The lowest BCUT2D eigenvalue weighted by Gasteiger charge is -2.19. The Morgan fingerprint density at radius 2 is 2.14 bits per heavy atom. The Balaban J connectivity index is 1.54. The molecule has 3 heterocycles. The van der Waals surface area contributed by atoms with E-state index in [0.29, 0.717) is 48.6 Å². The van der Waals surface area contributed by atoms with Crippen LogP contribution in [0, 0.1) is 0 Å². The summed E-state index contributed by atoms with van der Waals surface area (Å²) in [6, 6.07) is 8.98. The van der Waals surface area contributed by atoms with Crippen LogP contribution >= 0.6 is 0 Å². The molecule has 3 rings (SSSR count). The van der Waals surface area contributed by atoms with Crippen LogP contribution in [0.2, 0.25) is 0 Å². The van der Waals surface area contributed by atoms with Crippen molar-refractivity contribution in [2.45, 2.75) is 25.9 Å². The first-order chi connectivity index (χ1) is 13.6. The standard InChI is InChI=1S/C19H24N6O3/c1-3-20-18(23-13-19(2,26)15-8-6-12-27-15)22-11-9-16-24-17(28-25-16)14-7-4-5-10-21-14/h4-8,10,12,26H,3,9,11,13H2,1-2H3,(H2,20,22,23). The Hall–Kier alpha value is -3.20. The van der Waals surface area contributed by atoms with Crippen LogP contribution in [0.3, 0.4) is 0 Å². The van der Waals surface area contributed by atoms with Crippen molar-refractivity contribution >= 4 is 5.96 Å². The summed E-state index contributed by atoms with van der Waals surface area (Å²) in [6.45, 7) is 5.04. The van der Waals surface area contributed by atoms with Crippen molar-refractivity contribution in [3.8, 4) is 11.6 Å². The molecule has 0 aliphatic rings. The number of guanidine groups is 1. The van der Waals surface area contributed by atoms with Gasteiger partial charge in [-0.2, -0.15) is 4.98 Å². The Morgan fingerprint density at radius 1 is 1.25 bits per heavy atom. The van der Waals surface area contributed by atoms with Crippen molar-refractivity contribution in [3.63, 3.8) is 0 Å². The van der Waals surface area contributed by atoms with Crippen molar-refractivity contribution in [1.82, 2.24) is 25.8 Å². The summed E-state index contributed by atoms with van der Waals surface area (Å²) in [6.07, 6.45) is 3.76. The lowest BCUT2D eigenvalue weighted by molar-refractivity contribution is 0.0437. The van der Waals surface area contributed by atoms with E-state index in [1.807, 2.05) is 25.1 Å². The maximum absolute atomic E-state index is 10.5. The van der Waals surface area contributed by atoms with Gasteiger partial charge in [0.25, 0.3) is 5.89 Å². The van der Waals surface area contributed by atoms with Crippen LogP contribution in [0.5, 0.6) is 0 Å². The average molecular weight is 384 g/mol. The molecule has 0 saturated carbocycles. The van der Waals surface area contributed by atoms with E-state index in [2.05, 4.69) is 30.8 Å². The lowest BCUT2D eigenvalue weighted by atomic mass is 10.0. The third-order valence-corrected chi connectivity index (χ3v) is 3.93. The van der Waals surface area contributed by atoms with Gasteiger partial charge >= 0.3 is 0 Å². The van der Waals surface area contributed by atoms with Crippen molar-refractivity contribution < 1.29 is 14.0 Å². The minimum absolute atomic E-state index is 0.155.